The van der Waals surface area contributed by atoms with Gasteiger partial charge < -0.3 is 15.2 Å². The number of hydrogen-bond acceptors (Lipinski definition) is 4. The molecule has 2 unspecified atom stereocenters. The Kier molecular flexibility index (Phi) is 6.03. The number of nitrogens with one attached hydrogen (secondary N) is 1. The van der Waals surface area contributed by atoms with Crippen molar-refractivity contribution in [3.05, 3.63) is 65.7 Å². The monoisotopic (exact) mass is 330 g/mol. The quantitative estimate of drug-likeness (QED) is 0.798. The predicted molar refractivity (Wildman–Crippen MR) is 88.8 cm³/mol. The number of rotatable bonds is 6. The highest BCUT2D eigenvalue weighted by Crippen LogP contribution is 2.20. The van der Waals surface area contributed by atoms with Gasteiger partial charge in [0.05, 0.1) is 25.5 Å². The maximum Gasteiger partial charge on any atom is 0.244 e. The van der Waals surface area contributed by atoms with Gasteiger partial charge in [0.15, 0.2) is 0 Å². The molecule has 1 aromatic heterocycles. The Morgan fingerprint density at radius 1 is 1.33 bits per heavy atom. The lowest BCUT2D eigenvalue weighted by Crippen LogP contribution is -2.36. The number of amides is 1. The number of aliphatic hydroxyl groups is 1. The number of carbonyl (C=O) groups excluding carboxylic acids is 1. The smallest absolute Gasteiger partial charge is 0.244 e. The summed E-state index contributed by atoms with van der Waals surface area (Å²) in [5.41, 5.74) is 1.15. The summed E-state index contributed by atoms with van der Waals surface area (Å²) in [6.07, 6.45) is 4.41. The van der Waals surface area contributed by atoms with E-state index in [1.165, 1.54) is 24.4 Å². The minimum atomic E-state index is -0.857. The van der Waals surface area contributed by atoms with E-state index in [4.69, 9.17) is 4.74 Å². The van der Waals surface area contributed by atoms with Crippen molar-refractivity contribution in [2.24, 2.45) is 0 Å². The van der Waals surface area contributed by atoms with Crippen molar-refractivity contribution in [2.75, 3.05) is 7.11 Å². The average Bonchev–Trinajstić information content (AvgIpc) is 2.59. The Balaban J connectivity index is 1.94. The van der Waals surface area contributed by atoms with E-state index in [1.807, 2.05) is 0 Å². The Morgan fingerprint density at radius 2 is 2.04 bits per heavy atom. The number of ether oxygens (including phenoxy) is 1. The zero-order valence-corrected chi connectivity index (χ0v) is 13.4. The van der Waals surface area contributed by atoms with Gasteiger partial charge in [0.1, 0.15) is 11.6 Å². The summed E-state index contributed by atoms with van der Waals surface area (Å²) in [5, 5.41) is 13.0. The zero-order valence-electron chi connectivity index (χ0n) is 13.4. The second-order valence-electron chi connectivity index (χ2n) is 5.29. The number of aromatic nitrogens is 1. The van der Waals surface area contributed by atoms with Crippen LogP contribution in [0.2, 0.25) is 0 Å². The van der Waals surface area contributed by atoms with Gasteiger partial charge in [-0.1, -0.05) is 12.1 Å². The predicted octanol–water partition coefficient (Wildman–Crippen LogP) is 2.48. The summed E-state index contributed by atoms with van der Waals surface area (Å²) in [6, 6.07) is 7.72. The molecule has 0 saturated carbocycles. The molecular formula is C18H19FN2O3. The van der Waals surface area contributed by atoms with Crippen LogP contribution in [-0.4, -0.2) is 29.1 Å². The fourth-order valence-corrected chi connectivity index (χ4v) is 2.13. The van der Waals surface area contributed by atoms with Gasteiger partial charge in [0.25, 0.3) is 0 Å². The fraction of sp³-hybridized carbons (Fsp3) is 0.222. The van der Waals surface area contributed by atoms with Crippen LogP contribution in [0.5, 0.6) is 5.75 Å². The number of pyridine rings is 1. The van der Waals surface area contributed by atoms with E-state index in [0.717, 1.165) is 6.20 Å². The van der Waals surface area contributed by atoms with Gasteiger partial charge in [-0.05, 0) is 42.3 Å². The molecule has 0 saturated heterocycles. The number of nitrogens with zero attached hydrogens (tertiary/aromatic N) is 1. The first kappa shape index (κ1) is 17.6. The molecule has 0 aliphatic heterocycles. The molecule has 1 heterocycles. The van der Waals surface area contributed by atoms with Gasteiger partial charge >= 0.3 is 0 Å². The van der Waals surface area contributed by atoms with Crippen molar-refractivity contribution in [1.82, 2.24) is 10.3 Å². The number of benzene rings is 1. The standard InChI is InChI=1S/C18H19FN2O3/c1-12(18(23)14-4-6-16(24-2)7-5-14)21-17(22)8-3-13-9-15(19)11-20-10-13/h3-12,18,23H,1-2H3,(H,21,22)/b8-3+. The normalized spacial score (nSPS) is 13.5. The number of halogens is 1. The van der Waals surface area contributed by atoms with Crippen molar-refractivity contribution in [3.63, 3.8) is 0 Å². The maximum atomic E-state index is 13.0. The van der Waals surface area contributed by atoms with Crippen LogP contribution in [0, 0.1) is 5.82 Å². The molecule has 126 valence electrons. The first-order chi connectivity index (χ1) is 11.5. The van der Waals surface area contributed by atoms with E-state index in [0.29, 0.717) is 16.9 Å². The van der Waals surface area contributed by atoms with E-state index in [-0.39, 0.29) is 5.91 Å². The molecule has 6 heteroatoms. The van der Waals surface area contributed by atoms with Gasteiger partial charge in [-0.25, -0.2) is 4.39 Å². The Labute approximate surface area is 139 Å². The molecule has 2 rings (SSSR count). The summed E-state index contributed by atoms with van der Waals surface area (Å²) >= 11 is 0. The van der Waals surface area contributed by atoms with Crippen LogP contribution in [-0.2, 0) is 4.79 Å². The number of hydrogen-bond donors (Lipinski definition) is 2. The summed E-state index contributed by atoms with van der Waals surface area (Å²) in [6.45, 7) is 1.70. The number of carbonyl (C=O) groups is 1. The summed E-state index contributed by atoms with van der Waals surface area (Å²) in [5.74, 6) is -0.172. The van der Waals surface area contributed by atoms with E-state index in [9.17, 15) is 14.3 Å². The van der Waals surface area contributed by atoms with Gasteiger partial charge in [0.2, 0.25) is 5.91 Å². The van der Waals surface area contributed by atoms with Crippen molar-refractivity contribution >= 4 is 12.0 Å². The minimum Gasteiger partial charge on any atom is -0.497 e. The van der Waals surface area contributed by atoms with E-state index >= 15 is 0 Å². The van der Waals surface area contributed by atoms with Crippen LogP contribution in [0.15, 0.2) is 48.8 Å². The largest absolute Gasteiger partial charge is 0.497 e. The maximum absolute atomic E-state index is 13.0. The second kappa shape index (κ2) is 8.21. The molecule has 0 radical (unpaired) electrons. The van der Waals surface area contributed by atoms with Gasteiger partial charge in [0, 0.05) is 12.3 Å². The van der Waals surface area contributed by atoms with E-state index < -0.39 is 18.0 Å². The van der Waals surface area contributed by atoms with Crippen LogP contribution >= 0.6 is 0 Å². The van der Waals surface area contributed by atoms with Gasteiger partial charge in [-0.3, -0.25) is 9.78 Å². The van der Waals surface area contributed by atoms with Crippen LogP contribution in [0.4, 0.5) is 4.39 Å². The Morgan fingerprint density at radius 3 is 2.67 bits per heavy atom. The SMILES string of the molecule is COc1ccc(C(O)C(C)NC(=O)/C=C/c2cncc(F)c2)cc1. The zero-order chi connectivity index (χ0) is 17.5. The lowest BCUT2D eigenvalue weighted by Gasteiger charge is -2.20. The highest BCUT2D eigenvalue weighted by molar-refractivity contribution is 5.91. The third-order valence-electron chi connectivity index (χ3n) is 3.45. The Bertz CT molecular complexity index is 716. The lowest BCUT2D eigenvalue weighted by molar-refractivity contribution is -0.117. The molecule has 0 aliphatic rings. The molecule has 2 N–H and O–H groups in total. The Hall–Kier alpha value is -2.73. The molecule has 1 amide bonds. The molecule has 2 aromatic rings. The highest BCUT2D eigenvalue weighted by Gasteiger charge is 2.17. The molecule has 0 bridgehead atoms. The molecule has 0 spiro atoms. The van der Waals surface area contributed by atoms with Crippen molar-refractivity contribution in [3.8, 4) is 5.75 Å². The summed E-state index contributed by atoms with van der Waals surface area (Å²) in [4.78, 5) is 15.6. The molecule has 24 heavy (non-hydrogen) atoms. The van der Waals surface area contributed by atoms with Crippen molar-refractivity contribution < 1.29 is 19.0 Å². The highest BCUT2D eigenvalue weighted by atomic mass is 19.1. The molecule has 5 nitrogen and oxygen atoms in total. The van der Waals surface area contributed by atoms with Gasteiger partial charge in [-0.2, -0.15) is 0 Å². The fourth-order valence-electron chi connectivity index (χ4n) is 2.13. The topological polar surface area (TPSA) is 71.5 Å². The first-order valence-corrected chi connectivity index (χ1v) is 7.40. The summed E-state index contributed by atoms with van der Waals surface area (Å²) in [7, 11) is 1.56. The molecular weight excluding hydrogens is 311 g/mol. The molecule has 1 aromatic carbocycles. The van der Waals surface area contributed by atoms with Crippen molar-refractivity contribution in [1.29, 1.82) is 0 Å². The summed E-state index contributed by atoms with van der Waals surface area (Å²) < 4.78 is 18.1. The third kappa shape index (κ3) is 4.89. The first-order valence-electron chi connectivity index (χ1n) is 7.40. The lowest BCUT2D eigenvalue weighted by atomic mass is 10.0. The third-order valence-corrected chi connectivity index (χ3v) is 3.45. The van der Waals surface area contributed by atoms with Crippen LogP contribution in [0.3, 0.4) is 0 Å². The van der Waals surface area contributed by atoms with Crippen LogP contribution in [0.1, 0.15) is 24.2 Å². The van der Waals surface area contributed by atoms with E-state index in [1.54, 1.807) is 38.3 Å². The average molecular weight is 330 g/mol. The van der Waals surface area contributed by atoms with Crippen LogP contribution < -0.4 is 10.1 Å². The van der Waals surface area contributed by atoms with E-state index in [2.05, 4.69) is 10.3 Å². The number of aliphatic hydroxyl groups excluding tert-OH is 1. The number of methoxy groups -OCH3 is 1. The molecule has 0 aliphatic carbocycles. The van der Waals surface area contributed by atoms with Crippen LogP contribution in [0.25, 0.3) is 6.08 Å². The minimum absolute atomic E-state index is 0.390. The molecule has 2 atom stereocenters. The second-order valence-corrected chi connectivity index (χ2v) is 5.29. The molecule has 0 fully saturated rings. The van der Waals surface area contributed by atoms with Gasteiger partial charge in [-0.15, -0.1) is 0 Å². The van der Waals surface area contributed by atoms with Crippen molar-refractivity contribution in [2.45, 2.75) is 19.1 Å².